The summed E-state index contributed by atoms with van der Waals surface area (Å²) in [5, 5.41) is 6.01. The van der Waals surface area contributed by atoms with E-state index in [-0.39, 0.29) is 59.8 Å². The molecule has 3 heterocycles. The maximum atomic E-state index is 14.6. The zero-order valence-corrected chi connectivity index (χ0v) is 21.3. The molecule has 3 aromatic rings. The number of benzene rings is 1. The lowest BCUT2D eigenvalue weighted by molar-refractivity contribution is -1.08. The topological polar surface area (TPSA) is 110 Å². The molecule has 0 aliphatic carbocycles. The van der Waals surface area contributed by atoms with Gasteiger partial charge in [0.1, 0.15) is 31.1 Å². The molecule has 1 aromatic carbocycles. The summed E-state index contributed by atoms with van der Waals surface area (Å²) in [5.74, 6) is -3.84. The fraction of sp³-hybridized carbons (Fsp3) is 0.409. The third-order valence-electron chi connectivity index (χ3n) is 6.24. The van der Waals surface area contributed by atoms with Gasteiger partial charge >= 0.3 is 17.8 Å². The van der Waals surface area contributed by atoms with Crippen LogP contribution in [-0.4, -0.2) is 80.4 Å². The van der Waals surface area contributed by atoms with Gasteiger partial charge in [0.05, 0.1) is 12.1 Å². The maximum absolute atomic E-state index is 14.6. The average molecular weight is 580 g/mol. The summed E-state index contributed by atoms with van der Waals surface area (Å²) < 4.78 is 53.4. The van der Waals surface area contributed by atoms with Crippen LogP contribution in [0.2, 0.25) is 10.3 Å². The van der Waals surface area contributed by atoms with Crippen LogP contribution >= 0.6 is 23.2 Å². The predicted molar refractivity (Wildman–Crippen MR) is 126 cm³/mol. The number of likely N-dealkylation sites (tertiary alicyclic amines) is 1. The molecule has 16 heteroatoms. The molecule has 38 heavy (non-hydrogen) atoms. The van der Waals surface area contributed by atoms with Crippen LogP contribution in [0, 0.1) is 5.82 Å². The van der Waals surface area contributed by atoms with E-state index in [9.17, 15) is 31.9 Å². The van der Waals surface area contributed by atoms with Crippen LogP contribution in [-0.2, 0) is 16.1 Å². The number of alkyl halides is 3. The highest BCUT2D eigenvalue weighted by molar-refractivity contribution is 6.40. The Bertz CT molecular complexity index is 1450. The largest absolute Gasteiger partial charge is 0.497 e. The SMILES string of the molecule is CN(CC[N+]1(OC(=O)C(F)(F)F)CCCC1)C(=O)c1cc(Cc2n[nH]c(=O)n3c(Cl)c(Cl)nc23)ccc1F. The number of hydrogen-bond donors (Lipinski definition) is 1. The summed E-state index contributed by atoms with van der Waals surface area (Å²) in [6, 6.07) is 3.81. The molecule has 1 fully saturated rings. The van der Waals surface area contributed by atoms with Crippen molar-refractivity contribution >= 4 is 40.7 Å². The molecule has 0 bridgehead atoms. The van der Waals surface area contributed by atoms with Gasteiger partial charge in [-0.1, -0.05) is 29.3 Å². The molecule has 1 amide bonds. The molecule has 0 unspecified atom stereocenters. The van der Waals surface area contributed by atoms with E-state index in [0.717, 1.165) is 15.4 Å². The maximum Gasteiger partial charge on any atom is 0.497 e. The summed E-state index contributed by atoms with van der Waals surface area (Å²) >= 11 is 11.9. The number of amides is 1. The summed E-state index contributed by atoms with van der Waals surface area (Å²) in [5.41, 5.74) is -0.161. The van der Waals surface area contributed by atoms with Gasteiger partial charge in [-0.05, 0) is 17.7 Å². The van der Waals surface area contributed by atoms with Crippen LogP contribution in [0.3, 0.4) is 0 Å². The lowest BCUT2D eigenvalue weighted by Crippen LogP contribution is -2.53. The molecule has 10 nitrogen and oxygen atoms in total. The first kappa shape index (κ1) is 27.8. The van der Waals surface area contributed by atoms with Gasteiger partial charge in [-0.3, -0.25) is 9.63 Å². The third kappa shape index (κ3) is 5.61. The van der Waals surface area contributed by atoms with Crippen molar-refractivity contribution in [1.29, 1.82) is 0 Å². The molecular weight excluding hydrogens is 559 g/mol. The van der Waals surface area contributed by atoms with Crippen molar-refractivity contribution < 1.29 is 36.6 Å². The first-order chi connectivity index (χ1) is 17.8. The van der Waals surface area contributed by atoms with E-state index in [1.165, 1.54) is 19.2 Å². The zero-order valence-electron chi connectivity index (χ0n) is 19.8. The molecule has 1 aliphatic heterocycles. The molecule has 1 N–H and O–H groups in total. The first-order valence-corrected chi connectivity index (χ1v) is 12.1. The van der Waals surface area contributed by atoms with E-state index in [1.807, 2.05) is 0 Å². The van der Waals surface area contributed by atoms with Crippen LogP contribution in [0.25, 0.3) is 5.65 Å². The van der Waals surface area contributed by atoms with Crippen molar-refractivity contribution in [3.63, 3.8) is 0 Å². The number of hydroxylamine groups is 3. The van der Waals surface area contributed by atoms with Crippen LogP contribution in [0.1, 0.15) is 34.5 Å². The highest BCUT2D eigenvalue weighted by atomic mass is 35.5. The van der Waals surface area contributed by atoms with Gasteiger partial charge in [0.2, 0.25) is 0 Å². The van der Waals surface area contributed by atoms with Crippen molar-refractivity contribution in [2.75, 3.05) is 33.2 Å². The second-order valence-electron chi connectivity index (χ2n) is 8.86. The van der Waals surface area contributed by atoms with Crippen molar-refractivity contribution in [3.05, 3.63) is 61.6 Å². The Balaban J connectivity index is 1.51. The van der Waals surface area contributed by atoms with Crippen LogP contribution in [0.5, 0.6) is 0 Å². The third-order valence-corrected chi connectivity index (χ3v) is 6.95. The first-order valence-electron chi connectivity index (χ1n) is 11.3. The number of fused-ring (bicyclic) bond motifs is 1. The molecular formula is C22H21Cl2F4N6O4+. The van der Waals surface area contributed by atoms with Crippen molar-refractivity contribution in [3.8, 4) is 0 Å². The van der Waals surface area contributed by atoms with Gasteiger partial charge < -0.3 is 4.90 Å². The molecule has 0 spiro atoms. The molecule has 0 atom stereocenters. The number of aromatic amines is 1. The number of carbonyl (C=O) groups excluding carboxylic acids is 2. The number of likely N-dealkylation sites (N-methyl/N-ethyl adjacent to an activating group) is 1. The predicted octanol–water partition coefficient (Wildman–Crippen LogP) is 3.16. The monoisotopic (exact) mass is 579 g/mol. The highest BCUT2D eigenvalue weighted by Gasteiger charge is 2.49. The number of hydrogen-bond acceptors (Lipinski definition) is 6. The summed E-state index contributed by atoms with van der Waals surface area (Å²) in [6.45, 7) is 0.166. The molecule has 0 saturated carbocycles. The molecule has 4 rings (SSSR count). The Morgan fingerprint density at radius 1 is 1.24 bits per heavy atom. The second-order valence-corrected chi connectivity index (χ2v) is 9.57. The minimum Gasteiger partial charge on any atom is -0.336 e. The van der Waals surface area contributed by atoms with E-state index in [1.54, 1.807) is 0 Å². The number of H-pyrrole nitrogens is 1. The number of rotatable bonds is 7. The van der Waals surface area contributed by atoms with Crippen molar-refractivity contribution in [1.82, 2.24) is 24.5 Å². The number of quaternary nitrogens is 1. The zero-order chi connectivity index (χ0) is 27.8. The minimum absolute atomic E-state index is 0.0294. The van der Waals surface area contributed by atoms with Gasteiger partial charge in [-0.25, -0.2) is 28.5 Å². The Morgan fingerprint density at radius 3 is 2.58 bits per heavy atom. The standard InChI is InChI=1S/C22H20Cl2F4N6O4/c1-32(6-9-34(7-2-3-8-34)38-20(36)22(26,27)28)19(35)13-10-12(4-5-14(13)25)11-15-18-29-16(23)17(24)33(18)21(37)31-30-15/h4-5,10H,2-3,6-9,11H2,1H3/p+1. The summed E-state index contributed by atoms with van der Waals surface area (Å²) in [4.78, 5) is 46.5. The van der Waals surface area contributed by atoms with Crippen LogP contribution < -0.4 is 5.69 Å². The average Bonchev–Trinajstić information content (AvgIpc) is 3.44. The fourth-order valence-corrected chi connectivity index (χ4v) is 4.63. The molecule has 2 aromatic heterocycles. The number of nitrogens with zero attached hydrogens (tertiary/aromatic N) is 5. The van der Waals surface area contributed by atoms with Gasteiger partial charge in [0.15, 0.2) is 16.0 Å². The smallest absolute Gasteiger partial charge is 0.336 e. The normalized spacial score (nSPS) is 15.1. The lowest BCUT2D eigenvalue weighted by atomic mass is 10.0. The van der Waals surface area contributed by atoms with Gasteiger partial charge in [-0.2, -0.15) is 18.3 Å². The Kier molecular flexibility index (Phi) is 7.68. The highest BCUT2D eigenvalue weighted by Crippen LogP contribution is 2.26. The van der Waals surface area contributed by atoms with E-state index >= 15 is 0 Å². The molecule has 1 saturated heterocycles. The minimum atomic E-state index is -5.14. The quantitative estimate of drug-likeness (QED) is 0.340. The molecule has 0 radical (unpaired) electrons. The van der Waals surface area contributed by atoms with E-state index in [4.69, 9.17) is 28.0 Å². The Morgan fingerprint density at radius 2 is 1.92 bits per heavy atom. The summed E-state index contributed by atoms with van der Waals surface area (Å²) in [6.07, 6.45) is -4.00. The van der Waals surface area contributed by atoms with E-state index in [2.05, 4.69) is 15.2 Å². The molecule has 1 aliphatic rings. The van der Waals surface area contributed by atoms with E-state index in [0.29, 0.717) is 18.4 Å². The van der Waals surface area contributed by atoms with Gasteiger partial charge in [-0.15, -0.1) is 4.65 Å². The van der Waals surface area contributed by atoms with Crippen molar-refractivity contribution in [2.45, 2.75) is 25.4 Å². The number of aromatic nitrogens is 4. The summed E-state index contributed by atoms with van der Waals surface area (Å²) in [7, 11) is 1.37. The molecule has 204 valence electrons. The fourth-order valence-electron chi connectivity index (χ4n) is 4.27. The Labute approximate surface area is 222 Å². The number of nitrogens with one attached hydrogen (secondary N) is 1. The lowest BCUT2D eigenvalue weighted by Gasteiger charge is -2.32. The van der Waals surface area contributed by atoms with E-state index < -0.39 is 34.2 Å². The number of halogens is 6. The van der Waals surface area contributed by atoms with Gasteiger partial charge in [0.25, 0.3) is 5.91 Å². The number of imidazole rings is 1. The van der Waals surface area contributed by atoms with Crippen molar-refractivity contribution in [2.24, 2.45) is 0 Å². The van der Waals surface area contributed by atoms with Crippen LogP contribution in [0.4, 0.5) is 17.6 Å². The second kappa shape index (κ2) is 10.5. The number of carbonyl (C=O) groups is 2. The van der Waals surface area contributed by atoms with Crippen LogP contribution in [0.15, 0.2) is 23.0 Å². The Hall–Kier alpha value is -3.23. The van der Waals surface area contributed by atoms with Gasteiger partial charge in [0, 0.05) is 26.3 Å².